The third kappa shape index (κ3) is 3.89. The van der Waals surface area contributed by atoms with E-state index in [1.165, 1.54) is 19.2 Å². The summed E-state index contributed by atoms with van der Waals surface area (Å²) in [6.07, 6.45) is 2.87. The lowest BCUT2D eigenvalue weighted by molar-refractivity contribution is 0.414. The zero-order chi connectivity index (χ0) is 13.6. The van der Waals surface area contributed by atoms with Crippen LogP contribution in [0.15, 0.2) is 23.1 Å². The third-order valence-electron chi connectivity index (χ3n) is 2.58. The molecule has 102 valence electrons. The molecule has 0 aliphatic carbocycles. The van der Waals surface area contributed by atoms with E-state index in [0.29, 0.717) is 12.3 Å². The van der Waals surface area contributed by atoms with E-state index in [2.05, 4.69) is 11.6 Å². The Kier molecular flexibility index (Phi) is 5.43. The molecule has 0 bridgehead atoms. The largest absolute Gasteiger partial charge is 0.497 e. The first-order chi connectivity index (χ1) is 8.51. The van der Waals surface area contributed by atoms with Crippen molar-refractivity contribution in [1.29, 1.82) is 0 Å². The minimum Gasteiger partial charge on any atom is -0.497 e. The van der Waals surface area contributed by atoms with Crippen LogP contribution in [0, 0.1) is 0 Å². The highest BCUT2D eigenvalue weighted by atomic mass is 32.2. The van der Waals surface area contributed by atoms with Gasteiger partial charge in [-0.05, 0) is 18.6 Å². The Morgan fingerprint density at radius 1 is 1.33 bits per heavy atom. The molecule has 0 heterocycles. The predicted molar refractivity (Wildman–Crippen MR) is 72.1 cm³/mol. The number of nitrogen functional groups attached to an aromatic ring is 1. The quantitative estimate of drug-likeness (QED) is 0.585. The second-order valence-corrected chi connectivity index (χ2v) is 5.74. The Bertz CT molecular complexity index is 486. The second-order valence-electron chi connectivity index (χ2n) is 4.01. The maximum atomic E-state index is 12.0. The van der Waals surface area contributed by atoms with Crippen LogP contribution in [-0.2, 0) is 10.0 Å². The summed E-state index contributed by atoms with van der Waals surface area (Å²) < 4.78 is 31.5. The molecule has 0 radical (unpaired) electrons. The third-order valence-corrected chi connectivity index (χ3v) is 4.11. The Hall–Kier alpha value is -1.27. The summed E-state index contributed by atoms with van der Waals surface area (Å²) in [6, 6.07) is 4.54. The zero-order valence-electron chi connectivity index (χ0n) is 10.8. The summed E-state index contributed by atoms with van der Waals surface area (Å²) in [5.41, 5.74) is 5.91. The number of unbranched alkanes of at least 4 members (excludes halogenated alkanes) is 2. The first-order valence-corrected chi connectivity index (χ1v) is 7.42. The fourth-order valence-electron chi connectivity index (χ4n) is 1.56. The van der Waals surface area contributed by atoms with E-state index in [0.717, 1.165) is 19.3 Å². The molecule has 0 amide bonds. The molecule has 1 aromatic carbocycles. The molecule has 0 aliphatic rings. The van der Waals surface area contributed by atoms with Crippen LogP contribution in [0.25, 0.3) is 0 Å². The smallest absolute Gasteiger partial charge is 0.242 e. The molecule has 0 aliphatic heterocycles. The number of methoxy groups -OCH3 is 1. The summed E-state index contributed by atoms with van der Waals surface area (Å²) in [5, 5.41) is 0. The van der Waals surface area contributed by atoms with Crippen LogP contribution in [0.4, 0.5) is 5.69 Å². The van der Waals surface area contributed by atoms with E-state index in [1.807, 2.05) is 0 Å². The van der Waals surface area contributed by atoms with Crippen molar-refractivity contribution in [2.45, 2.75) is 31.1 Å². The molecule has 0 fully saturated rings. The first kappa shape index (κ1) is 14.8. The SMILES string of the molecule is CCCCCNS(=O)(=O)c1ccc(OC)cc1N. The van der Waals surface area contributed by atoms with E-state index >= 15 is 0 Å². The molecule has 1 aromatic rings. The fourth-order valence-corrected chi connectivity index (χ4v) is 2.74. The van der Waals surface area contributed by atoms with Gasteiger partial charge in [-0.15, -0.1) is 0 Å². The Labute approximate surface area is 108 Å². The molecule has 5 nitrogen and oxygen atoms in total. The number of rotatable bonds is 7. The van der Waals surface area contributed by atoms with Crippen LogP contribution in [0.1, 0.15) is 26.2 Å². The van der Waals surface area contributed by atoms with Crippen molar-refractivity contribution in [1.82, 2.24) is 4.72 Å². The monoisotopic (exact) mass is 272 g/mol. The van der Waals surface area contributed by atoms with Crippen LogP contribution in [0.5, 0.6) is 5.75 Å². The van der Waals surface area contributed by atoms with E-state index in [4.69, 9.17) is 10.5 Å². The summed E-state index contributed by atoms with van der Waals surface area (Å²) in [6.45, 7) is 2.50. The highest BCUT2D eigenvalue weighted by Gasteiger charge is 2.16. The average Bonchev–Trinajstić information content (AvgIpc) is 2.34. The highest BCUT2D eigenvalue weighted by Crippen LogP contribution is 2.23. The van der Waals surface area contributed by atoms with Gasteiger partial charge in [0.1, 0.15) is 10.6 Å². The maximum Gasteiger partial charge on any atom is 0.242 e. The van der Waals surface area contributed by atoms with Crippen molar-refractivity contribution < 1.29 is 13.2 Å². The summed E-state index contributed by atoms with van der Waals surface area (Å²) >= 11 is 0. The van der Waals surface area contributed by atoms with Crippen molar-refractivity contribution >= 4 is 15.7 Å². The molecule has 0 aromatic heterocycles. The molecule has 18 heavy (non-hydrogen) atoms. The summed E-state index contributed by atoms with van der Waals surface area (Å²) in [7, 11) is -2.02. The molecular weight excluding hydrogens is 252 g/mol. The topological polar surface area (TPSA) is 81.4 Å². The van der Waals surface area contributed by atoms with Gasteiger partial charge in [0.25, 0.3) is 0 Å². The van der Waals surface area contributed by atoms with Gasteiger partial charge >= 0.3 is 0 Å². The Morgan fingerprint density at radius 3 is 2.61 bits per heavy atom. The van der Waals surface area contributed by atoms with Gasteiger partial charge in [-0.25, -0.2) is 13.1 Å². The molecule has 0 atom stereocenters. The van der Waals surface area contributed by atoms with Crippen molar-refractivity contribution in [2.75, 3.05) is 19.4 Å². The van der Waals surface area contributed by atoms with Crippen LogP contribution >= 0.6 is 0 Å². The van der Waals surface area contributed by atoms with Gasteiger partial charge in [0.05, 0.1) is 12.8 Å². The van der Waals surface area contributed by atoms with Crippen molar-refractivity contribution in [3.63, 3.8) is 0 Å². The van der Waals surface area contributed by atoms with Crippen molar-refractivity contribution in [2.24, 2.45) is 0 Å². The molecule has 6 heteroatoms. The summed E-state index contributed by atoms with van der Waals surface area (Å²) in [4.78, 5) is 0.0970. The zero-order valence-corrected chi connectivity index (χ0v) is 11.6. The fraction of sp³-hybridized carbons (Fsp3) is 0.500. The number of hydrogen-bond donors (Lipinski definition) is 2. The van der Waals surface area contributed by atoms with Crippen molar-refractivity contribution in [3.8, 4) is 5.75 Å². The molecular formula is C12H20N2O3S. The standard InChI is InChI=1S/C12H20N2O3S/c1-3-4-5-8-14-18(15,16)12-7-6-10(17-2)9-11(12)13/h6-7,9,14H,3-5,8,13H2,1-2H3. The lowest BCUT2D eigenvalue weighted by atomic mass is 10.3. The van der Waals surface area contributed by atoms with Gasteiger partial charge in [0.15, 0.2) is 0 Å². The van der Waals surface area contributed by atoms with Crippen LogP contribution in [0.2, 0.25) is 0 Å². The minimum absolute atomic E-state index is 0.0970. The number of ether oxygens (including phenoxy) is 1. The first-order valence-electron chi connectivity index (χ1n) is 5.94. The second kappa shape index (κ2) is 6.61. The number of sulfonamides is 1. The van der Waals surface area contributed by atoms with E-state index < -0.39 is 10.0 Å². The molecule has 3 N–H and O–H groups in total. The van der Waals surface area contributed by atoms with E-state index in [1.54, 1.807) is 6.07 Å². The van der Waals surface area contributed by atoms with E-state index in [-0.39, 0.29) is 10.6 Å². The average molecular weight is 272 g/mol. The Morgan fingerprint density at radius 2 is 2.06 bits per heavy atom. The van der Waals surface area contributed by atoms with E-state index in [9.17, 15) is 8.42 Å². The minimum atomic E-state index is -3.53. The van der Waals surface area contributed by atoms with Crippen LogP contribution in [-0.4, -0.2) is 22.1 Å². The molecule has 0 saturated heterocycles. The molecule has 0 unspecified atom stereocenters. The van der Waals surface area contributed by atoms with Crippen molar-refractivity contribution in [3.05, 3.63) is 18.2 Å². The van der Waals surface area contributed by atoms with Gasteiger partial charge in [-0.2, -0.15) is 0 Å². The Balaban J connectivity index is 2.78. The number of nitrogens with two attached hydrogens (primary N) is 1. The van der Waals surface area contributed by atoms with Gasteiger partial charge < -0.3 is 10.5 Å². The van der Waals surface area contributed by atoms with Gasteiger partial charge in [0.2, 0.25) is 10.0 Å². The number of anilines is 1. The van der Waals surface area contributed by atoms with Gasteiger partial charge in [0, 0.05) is 12.6 Å². The summed E-state index contributed by atoms with van der Waals surface area (Å²) in [5.74, 6) is 0.539. The van der Waals surface area contributed by atoms with Gasteiger partial charge in [-0.3, -0.25) is 0 Å². The number of nitrogens with one attached hydrogen (secondary N) is 1. The van der Waals surface area contributed by atoms with Crippen LogP contribution in [0.3, 0.4) is 0 Å². The lowest BCUT2D eigenvalue weighted by Gasteiger charge is -2.10. The molecule has 0 saturated carbocycles. The molecule has 0 spiro atoms. The maximum absolute atomic E-state index is 12.0. The highest BCUT2D eigenvalue weighted by molar-refractivity contribution is 7.89. The number of benzene rings is 1. The molecule has 1 rings (SSSR count). The normalized spacial score (nSPS) is 11.4. The predicted octanol–water partition coefficient (Wildman–Crippen LogP) is 1.75. The lowest BCUT2D eigenvalue weighted by Crippen LogP contribution is -2.25. The number of hydrogen-bond acceptors (Lipinski definition) is 4. The van der Waals surface area contributed by atoms with Crippen LogP contribution < -0.4 is 15.2 Å². The van der Waals surface area contributed by atoms with Gasteiger partial charge in [-0.1, -0.05) is 19.8 Å².